The molecule has 0 bridgehead atoms. The second kappa shape index (κ2) is 9.73. The molecule has 2 amide bonds. The molecule has 0 saturated heterocycles. The Morgan fingerprint density at radius 2 is 1.70 bits per heavy atom. The van der Waals surface area contributed by atoms with Crippen LogP contribution in [-0.4, -0.2) is 35.9 Å². The molecule has 3 N–H and O–H groups in total. The van der Waals surface area contributed by atoms with Crippen LogP contribution in [0.1, 0.15) is 30.5 Å². The molecule has 1 heterocycles. The first-order chi connectivity index (χ1) is 14.5. The minimum Gasteiger partial charge on any atom is -0.467 e. The van der Waals surface area contributed by atoms with Gasteiger partial charge in [0.1, 0.15) is 6.04 Å². The molecule has 0 fully saturated rings. The summed E-state index contributed by atoms with van der Waals surface area (Å²) in [4.78, 5) is 39.8. The molecule has 0 radical (unpaired) electrons. The number of carbonyl (C=O) groups is 3. The van der Waals surface area contributed by atoms with Crippen LogP contribution in [0.5, 0.6) is 0 Å². The van der Waals surface area contributed by atoms with Crippen molar-refractivity contribution in [3.8, 4) is 0 Å². The van der Waals surface area contributed by atoms with Crippen LogP contribution in [0.4, 0.5) is 0 Å². The first kappa shape index (κ1) is 21.1. The fourth-order valence-corrected chi connectivity index (χ4v) is 3.48. The van der Waals surface area contributed by atoms with Gasteiger partial charge in [0.05, 0.1) is 19.6 Å². The Hall–Kier alpha value is -3.61. The number of amides is 2. The van der Waals surface area contributed by atoms with Crippen molar-refractivity contribution in [1.82, 2.24) is 15.6 Å². The van der Waals surface area contributed by atoms with Crippen molar-refractivity contribution in [3.05, 3.63) is 71.9 Å². The van der Waals surface area contributed by atoms with Gasteiger partial charge in [0.25, 0.3) is 0 Å². The number of esters is 1. The number of benzene rings is 2. The number of methoxy groups -OCH3 is 1. The van der Waals surface area contributed by atoms with Crippen molar-refractivity contribution in [2.75, 3.05) is 7.11 Å². The number of para-hydroxylation sites is 1. The van der Waals surface area contributed by atoms with Gasteiger partial charge in [0.2, 0.25) is 11.8 Å². The maximum Gasteiger partial charge on any atom is 0.328 e. The SMILES string of the molecule is COC(=O)[C@H](Cc1c[nH]c2ccccc12)NC(=O)C[C@@H](NC(C)=O)c1ccccc1. The zero-order valence-electron chi connectivity index (χ0n) is 17.0. The average molecular weight is 407 g/mol. The maximum absolute atomic E-state index is 12.8. The largest absolute Gasteiger partial charge is 0.467 e. The van der Waals surface area contributed by atoms with E-state index in [0.29, 0.717) is 6.42 Å². The molecule has 3 aromatic rings. The Kier molecular flexibility index (Phi) is 6.85. The maximum atomic E-state index is 12.8. The second-order valence-electron chi connectivity index (χ2n) is 7.07. The van der Waals surface area contributed by atoms with Crippen molar-refractivity contribution in [3.63, 3.8) is 0 Å². The lowest BCUT2D eigenvalue weighted by atomic mass is 10.0. The van der Waals surface area contributed by atoms with Crippen LogP contribution in [0.15, 0.2) is 60.8 Å². The molecule has 156 valence electrons. The number of hydrogen-bond donors (Lipinski definition) is 3. The number of hydrogen-bond acceptors (Lipinski definition) is 4. The predicted octanol–water partition coefficient (Wildman–Crippen LogP) is 2.64. The number of nitrogens with one attached hydrogen (secondary N) is 3. The summed E-state index contributed by atoms with van der Waals surface area (Å²) in [5.74, 6) is -1.11. The molecular weight excluding hydrogens is 382 g/mol. The molecule has 0 aliphatic carbocycles. The summed E-state index contributed by atoms with van der Waals surface area (Å²) >= 11 is 0. The molecule has 0 aliphatic rings. The third-order valence-corrected chi connectivity index (χ3v) is 4.89. The predicted molar refractivity (Wildman–Crippen MR) is 114 cm³/mol. The highest BCUT2D eigenvalue weighted by molar-refractivity contribution is 5.87. The van der Waals surface area contributed by atoms with Gasteiger partial charge in [-0.1, -0.05) is 48.5 Å². The van der Waals surface area contributed by atoms with Crippen LogP contribution in [0.2, 0.25) is 0 Å². The number of fused-ring (bicyclic) bond motifs is 1. The van der Waals surface area contributed by atoms with E-state index in [4.69, 9.17) is 4.74 Å². The third kappa shape index (κ3) is 5.26. The van der Waals surface area contributed by atoms with E-state index >= 15 is 0 Å². The second-order valence-corrected chi connectivity index (χ2v) is 7.07. The molecule has 0 unspecified atom stereocenters. The van der Waals surface area contributed by atoms with Crippen molar-refractivity contribution in [2.45, 2.75) is 31.8 Å². The highest BCUT2D eigenvalue weighted by Gasteiger charge is 2.25. The van der Waals surface area contributed by atoms with Crippen LogP contribution in [0.25, 0.3) is 10.9 Å². The van der Waals surface area contributed by atoms with E-state index in [9.17, 15) is 14.4 Å². The molecule has 0 spiro atoms. The third-order valence-electron chi connectivity index (χ3n) is 4.89. The Bertz CT molecular complexity index is 1030. The van der Waals surface area contributed by atoms with Gasteiger partial charge in [-0.05, 0) is 17.2 Å². The van der Waals surface area contributed by atoms with Crippen molar-refractivity contribution in [1.29, 1.82) is 0 Å². The molecular formula is C23H25N3O4. The van der Waals surface area contributed by atoms with Gasteiger partial charge < -0.3 is 20.4 Å². The smallest absolute Gasteiger partial charge is 0.328 e. The van der Waals surface area contributed by atoms with Gasteiger partial charge >= 0.3 is 5.97 Å². The van der Waals surface area contributed by atoms with E-state index < -0.39 is 18.1 Å². The van der Waals surface area contributed by atoms with Gasteiger partial charge in [-0.25, -0.2) is 4.79 Å². The summed E-state index contributed by atoms with van der Waals surface area (Å²) < 4.78 is 4.89. The van der Waals surface area contributed by atoms with E-state index in [1.54, 1.807) is 0 Å². The first-order valence-electron chi connectivity index (χ1n) is 9.72. The molecule has 2 atom stereocenters. The number of carbonyl (C=O) groups excluding carboxylic acids is 3. The highest BCUT2D eigenvalue weighted by atomic mass is 16.5. The minimum atomic E-state index is -0.838. The molecule has 0 aliphatic heterocycles. The summed E-state index contributed by atoms with van der Waals surface area (Å²) in [6.45, 7) is 1.40. The normalized spacial score (nSPS) is 12.7. The first-order valence-corrected chi connectivity index (χ1v) is 9.72. The Labute approximate surface area is 174 Å². The van der Waals surface area contributed by atoms with Crippen molar-refractivity contribution < 1.29 is 19.1 Å². The monoisotopic (exact) mass is 407 g/mol. The fourth-order valence-electron chi connectivity index (χ4n) is 3.48. The Morgan fingerprint density at radius 3 is 2.40 bits per heavy atom. The van der Waals surface area contributed by atoms with Crippen LogP contribution in [0.3, 0.4) is 0 Å². The number of aromatic amines is 1. The Morgan fingerprint density at radius 1 is 1.00 bits per heavy atom. The van der Waals surface area contributed by atoms with Crippen molar-refractivity contribution in [2.24, 2.45) is 0 Å². The van der Waals surface area contributed by atoms with Gasteiger partial charge in [-0.3, -0.25) is 9.59 Å². The Balaban J connectivity index is 1.74. The van der Waals surface area contributed by atoms with Gasteiger partial charge in [-0.2, -0.15) is 0 Å². The van der Waals surface area contributed by atoms with Crippen LogP contribution in [0, 0.1) is 0 Å². The molecule has 0 saturated carbocycles. The van der Waals surface area contributed by atoms with Crippen LogP contribution < -0.4 is 10.6 Å². The standard InChI is InChI=1S/C23H25N3O4/c1-15(27)25-20(16-8-4-3-5-9-16)13-22(28)26-21(23(29)30-2)12-17-14-24-19-11-7-6-10-18(17)19/h3-11,14,20-21,24H,12-13H2,1-2H3,(H,25,27)(H,26,28)/t20-,21+/m1/s1. The lowest BCUT2D eigenvalue weighted by Crippen LogP contribution is -2.44. The van der Waals surface area contributed by atoms with E-state index in [1.807, 2.05) is 60.8 Å². The van der Waals surface area contributed by atoms with Gasteiger partial charge in [0.15, 0.2) is 0 Å². The number of H-pyrrole nitrogens is 1. The van der Waals surface area contributed by atoms with Crippen molar-refractivity contribution >= 4 is 28.7 Å². The van der Waals surface area contributed by atoms with E-state index in [2.05, 4.69) is 15.6 Å². The topological polar surface area (TPSA) is 100 Å². The zero-order valence-corrected chi connectivity index (χ0v) is 17.0. The number of ether oxygens (including phenoxy) is 1. The lowest BCUT2D eigenvalue weighted by molar-refractivity contribution is -0.145. The average Bonchev–Trinajstić information content (AvgIpc) is 3.15. The molecule has 1 aromatic heterocycles. The summed E-state index contributed by atoms with van der Waals surface area (Å²) in [6, 6.07) is 15.7. The summed E-state index contributed by atoms with van der Waals surface area (Å²) in [6.07, 6.45) is 2.13. The van der Waals surface area contributed by atoms with Crippen LogP contribution >= 0.6 is 0 Å². The van der Waals surface area contributed by atoms with Gasteiger partial charge in [-0.15, -0.1) is 0 Å². The molecule has 3 rings (SSSR count). The molecule has 30 heavy (non-hydrogen) atoms. The lowest BCUT2D eigenvalue weighted by Gasteiger charge is -2.21. The quantitative estimate of drug-likeness (QED) is 0.500. The zero-order chi connectivity index (χ0) is 21.5. The number of aromatic nitrogens is 1. The summed E-state index contributed by atoms with van der Waals surface area (Å²) in [5, 5.41) is 6.54. The summed E-state index contributed by atoms with van der Waals surface area (Å²) in [7, 11) is 1.29. The molecule has 7 nitrogen and oxygen atoms in total. The molecule has 7 heteroatoms. The highest BCUT2D eigenvalue weighted by Crippen LogP contribution is 2.20. The van der Waals surface area contributed by atoms with Gasteiger partial charge in [0, 0.05) is 30.4 Å². The van der Waals surface area contributed by atoms with E-state index in [0.717, 1.165) is 22.0 Å². The minimum absolute atomic E-state index is 0.00493. The fraction of sp³-hybridized carbons (Fsp3) is 0.261. The molecule has 2 aromatic carbocycles. The van der Waals surface area contributed by atoms with Crippen LogP contribution in [-0.2, 0) is 25.5 Å². The van der Waals surface area contributed by atoms with E-state index in [-0.39, 0.29) is 18.2 Å². The number of rotatable bonds is 8. The summed E-state index contributed by atoms with van der Waals surface area (Å²) in [5.41, 5.74) is 2.68. The van der Waals surface area contributed by atoms with E-state index in [1.165, 1.54) is 14.0 Å².